The summed E-state index contributed by atoms with van der Waals surface area (Å²) in [5.74, 6) is 0.0449. The van der Waals surface area contributed by atoms with Gasteiger partial charge in [0, 0.05) is 18.6 Å². The van der Waals surface area contributed by atoms with Gasteiger partial charge in [-0.25, -0.2) is 4.68 Å². The Morgan fingerprint density at radius 3 is 2.80 bits per heavy atom. The van der Waals surface area contributed by atoms with Gasteiger partial charge in [-0.3, -0.25) is 4.79 Å². The van der Waals surface area contributed by atoms with E-state index in [-0.39, 0.29) is 11.9 Å². The van der Waals surface area contributed by atoms with E-state index in [1.807, 2.05) is 13.1 Å². The number of carbonyl (C=O) groups is 1. The van der Waals surface area contributed by atoms with Gasteiger partial charge in [-0.05, 0) is 32.6 Å². The molecule has 0 aromatic carbocycles. The monoisotopic (exact) mass is 277 g/mol. The average molecular weight is 277 g/mol. The normalized spacial score (nSPS) is 21.1. The zero-order chi connectivity index (χ0) is 13.9. The molecular weight excluding hydrogens is 254 g/mol. The summed E-state index contributed by atoms with van der Waals surface area (Å²) in [4.78, 5) is 12.2. The molecule has 1 unspecified atom stereocenters. The quantitative estimate of drug-likeness (QED) is 0.818. The van der Waals surface area contributed by atoms with Crippen molar-refractivity contribution in [3.05, 3.63) is 11.9 Å². The number of hydrogen-bond donors (Lipinski definition) is 2. The lowest BCUT2D eigenvalue weighted by atomic mass is 10.2. The third kappa shape index (κ3) is 3.36. The minimum Gasteiger partial charge on any atom is -0.352 e. The first-order chi connectivity index (χ1) is 9.72. The molecule has 1 atom stereocenters. The molecule has 1 aromatic heterocycles. The van der Waals surface area contributed by atoms with Crippen LogP contribution in [0.4, 0.5) is 0 Å². The van der Waals surface area contributed by atoms with Gasteiger partial charge in [0.05, 0.1) is 11.9 Å². The molecule has 2 N–H and O–H groups in total. The van der Waals surface area contributed by atoms with Crippen molar-refractivity contribution in [2.75, 3.05) is 0 Å². The number of amides is 1. The fourth-order valence-corrected chi connectivity index (χ4v) is 2.63. The van der Waals surface area contributed by atoms with E-state index >= 15 is 0 Å². The second-order valence-electron chi connectivity index (χ2n) is 6.01. The Kier molecular flexibility index (Phi) is 4.00. The molecule has 0 spiro atoms. The van der Waals surface area contributed by atoms with Crippen LogP contribution in [-0.2, 0) is 11.3 Å². The Balaban J connectivity index is 1.52. The van der Waals surface area contributed by atoms with E-state index in [1.54, 1.807) is 4.68 Å². The van der Waals surface area contributed by atoms with Crippen molar-refractivity contribution in [3.63, 3.8) is 0 Å². The van der Waals surface area contributed by atoms with Crippen LogP contribution in [0, 0.1) is 0 Å². The van der Waals surface area contributed by atoms with E-state index in [2.05, 4.69) is 20.9 Å². The van der Waals surface area contributed by atoms with Gasteiger partial charge in [-0.2, -0.15) is 0 Å². The zero-order valence-electron chi connectivity index (χ0n) is 12.0. The van der Waals surface area contributed by atoms with Gasteiger partial charge in [0.25, 0.3) is 0 Å². The second kappa shape index (κ2) is 5.91. The van der Waals surface area contributed by atoms with E-state index in [4.69, 9.17) is 0 Å². The average Bonchev–Trinajstić information content (AvgIpc) is 2.93. The molecule has 3 rings (SSSR count). The largest absolute Gasteiger partial charge is 0.352 e. The maximum absolute atomic E-state index is 12.2. The third-order valence-electron chi connectivity index (χ3n) is 4.18. The fraction of sp³-hybridized carbons (Fsp3) is 0.786. The minimum absolute atomic E-state index is 0.0449. The summed E-state index contributed by atoms with van der Waals surface area (Å²) in [6.45, 7) is 2.61. The second-order valence-corrected chi connectivity index (χ2v) is 6.01. The number of nitrogens with zero attached hydrogens (tertiary/aromatic N) is 3. The van der Waals surface area contributed by atoms with Crippen molar-refractivity contribution in [2.45, 2.75) is 70.1 Å². The Morgan fingerprint density at radius 1 is 1.35 bits per heavy atom. The topological polar surface area (TPSA) is 71.8 Å². The molecule has 6 heteroatoms. The summed E-state index contributed by atoms with van der Waals surface area (Å²) < 4.78 is 1.66. The number of hydrogen-bond acceptors (Lipinski definition) is 4. The van der Waals surface area contributed by atoms with E-state index in [0.29, 0.717) is 12.1 Å². The standard InChI is InChI=1S/C14H23N5O/c1-10(14(20)16-12-4-2-3-5-12)19-9-13(17-18-19)8-15-11-6-7-11/h9-12,15H,2-8H2,1H3,(H,16,20). The van der Waals surface area contributed by atoms with Gasteiger partial charge in [0.2, 0.25) is 5.91 Å². The van der Waals surface area contributed by atoms with Gasteiger partial charge in [-0.1, -0.05) is 18.1 Å². The molecule has 0 radical (unpaired) electrons. The molecule has 1 heterocycles. The maximum Gasteiger partial charge on any atom is 0.244 e. The predicted octanol–water partition coefficient (Wildman–Crippen LogP) is 1.15. The summed E-state index contributed by atoms with van der Waals surface area (Å²) in [5, 5.41) is 14.7. The van der Waals surface area contributed by atoms with Crippen molar-refractivity contribution in [1.82, 2.24) is 25.6 Å². The molecule has 20 heavy (non-hydrogen) atoms. The van der Waals surface area contributed by atoms with Crippen LogP contribution in [0.5, 0.6) is 0 Å². The molecule has 6 nitrogen and oxygen atoms in total. The number of nitrogens with one attached hydrogen (secondary N) is 2. The van der Waals surface area contributed by atoms with E-state index in [1.165, 1.54) is 25.7 Å². The first-order valence-electron chi connectivity index (χ1n) is 7.67. The molecular formula is C14H23N5O. The van der Waals surface area contributed by atoms with E-state index in [0.717, 1.165) is 25.1 Å². The van der Waals surface area contributed by atoms with Crippen LogP contribution in [0.15, 0.2) is 6.20 Å². The van der Waals surface area contributed by atoms with Gasteiger partial charge in [-0.15, -0.1) is 5.10 Å². The number of aromatic nitrogens is 3. The summed E-state index contributed by atoms with van der Waals surface area (Å²) in [6.07, 6.45) is 9.04. The minimum atomic E-state index is -0.294. The van der Waals surface area contributed by atoms with Crippen molar-refractivity contribution in [2.24, 2.45) is 0 Å². The van der Waals surface area contributed by atoms with Crippen LogP contribution in [0.1, 0.15) is 57.2 Å². The Morgan fingerprint density at radius 2 is 2.10 bits per heavy atom. The Bertz CT molecular complexity index is 462. The Labute approximate surface area is 119 Å². The van der Waals surface area contributed by atoms with Crippen LogP contribution >= 0.6 is 0 Å². The van der Waals surface area contributed by atoms with Crippen LogP contribution in [0.3, 0.4) is 0 Å². The van der Waals surface area contributed by atoms with Crippen molar-refractivity contribution >= 4 is 5.91 Å². The van der Waals surface area contributed by atoms with Crippen LogP contribution in [0.2, 0.25) is 0 Å². The first-order valence-corrected chi connectivity index (χ1v) is 7.67. The first kappa shape index (κ1) is 13.5. The van der Waals surface area contributed by atoms with Crippen LogP contribution in [0.25, 0.3) is 0 Å². The highest BCUT2D eigenvalue weighted by Crippen LogP contribution is 2.20. The lowest BCUT2D eigenvalue weighted by Crippen LogP contribution is -2.37. The van der Waals surface area contributed by atoms with Crippen molar-refractivity contribution in [3.8, 4) is 0 Å². The Hall–Kier alpha value is -1.43. The molecule has 1 amide bonds. The third-order valence-corrected chi connectivity index (χ3v) is 4.18. The maximum atomic E-state index is 12.2. The van der Waals surface area contributed by atoms with Gasteiger partial charge >= 0.3 is 0 Å². The van der Waals surface area contributed by atoms with Gasteiger partial charge in [0.15, 0.2) is 0 Å². The smallest absolute Gasteiger partial charge is 0.244 e. The van der Waals surface area contributed by atoms with Crippen LogP contribution < -0.4 is 10.6 Å². The molecule has 2 aliphatic carbocycles. The molecule has 2 aliphatic rings. The highest BCUT2D eigenvalue weighted by molar-refractivity contribution is 5.80. The molecule has 0 saturated heterocycles. The molecule has 2 fully saturated rings. The van der Waals surface area contributed by atoms with Crippen molar-refractivity contribution < 1.29 is 4.79 Å². The number of carbonyl (C=O) groups excluding carboxylic acids is 1. The molecule has 0 bridgehead atoms. The summed E-state index contributed by atoms with van der Waals surface area (Å²) in [6, 6.07) is 0.713. The highest BCUT2D eigenvalue weighted by atomic mass is 16.2. The molecule has 1 aromatic rings. The van der Waals surface area contributed by atoms with Gasteiger partial charge < -0.3 is 10.6 Å². The van der Waals surface area contributed by atoms with E-state index < -0.39 is 0 Å². The molecule has 0 aliphatic heterocycles. The summed E-state index contributed by atoms with van der Waals surface area (Å²) in [7, 11) is 0. The molecule has 110 valence electrons. The molecule has 2 saturated carbocycles. The zero-order valence-corrected chi connectivity index (χ0v) is 12.0. The van der Waals surface area contributed by atoms with Gasteiger partial charge in [0.1, 0.15) is 6.04 Å². The van der Waals surface area contributed by atoms with E-state index in [9.17, 15) is 4.79 Å². The lowest BCUT2D eigenvalue weighted by molar-refractivity contribution is -0.124. The van der Waals surface area contributed by atoms with Crippen molar-refractivity contribution in [1.29, 1.82) is 0 Å². The fourth-order valence-electron chi connectivity index (χ4n) is 2.63. The number of rotatable bonds is 6. The predicted molar refractivity (Wildman–Crippen MR) is 75.0 cm³/mol. The SMILES string of the molecule is CC(C(=O)NC1CCCC1)n1cc(CNC2CC2)nn1. The summed E-state index contributed by atoms with van der Waals surface area (Å²) >= 11 is 0. The summed E-state index contributed by atoms with van der Waals surface area (Å²) in [5.41, 5.74) is 0.900. The van der Waals surface area contributed by atoms with Crippen LogP contribution in [-0.4, -0.2) is 33.0 Å². The highest BCUT2D eigenvalue weighted by Gasteiger charge is 2.23. The lowest BCUT2D eigenvalue weighted by Gasteiger charge is -2.16.